The number of nitrogens with zero attached hydrogens (tertiary/aromatic N) is 1. The summed E-state index contributed by atoms with van der Waals surface area (Å²) in [5.41, 5.74) is 4.78. The molecule has 0 N–H and O–H groups in total. The van der Waals surface area contributed by atoms with E-state index >= 15 is 0 Å². The molecule has 88 valence electrons. The van der Waals surface area contributed by atoms with Crippen molar-refractivity contribution in [3.05, 3.63) is 34.9 Å². The highest BCUT2D eigenvalue weighted by Gasteiger charge is 2.23. The summed E-state index contributed by atoms with van der Waals surface area (Å²) < 4.78 is 0. The molecule has 0 radical (unpaired) electrons. The molecule has 0 saturated carbocycles. The predicted octanol–water partition coefficient (Wildman–Crippen LogP) is 3.53. The lowest BCUT2D eigenvalue weighted by atomic mass is 9.82. The van der Waals surface area contributed by atoms with E-state index in [-0.39, 0.29) is 5.41 Å². The SMILES string of the molecule is CC1c2cc(C(C)(C)C)ccc2CCN1C. The zero-order valence-corrected chi connectivity index (χ0v) is 11.2. The van der Waals surface area contributed by atoms with E-state index in [0.29, 0.717) is 6.04 Å². The Kier molecular flexibility index (Phi) is 2.83. The topological polar surface area (TPSA) is 3.24 Å². The highest BCUT2D eigenvalue weighted by Crippen LogP contribution is 2.32. The Morgan fingerprint density at radius 1 is 1.25 bits per heavy atom. The van der Waals surface area contributed by atoms with Crippen molar-refractivity contribution in [1.29, 1.82) is 0 Å². The Morgan fingerprint density at radius 3 is 2.56 bits per heavy atom. The molecule has 1 aliphatic heterocycles. The van der Waals surface area contributed by atoms with Crippen LogP contribution < -0.4 is 0 Å². The Balaban J connectivity index is 2.45. The van der Waals surface area contributed by atoms with Crippen LogP contribution >= 0.6 is 0 Å². The monoisotopic (exact) mass is 217 g/mol. The van der Waals surface area contributed by atoms with Gasteiger partial charge < -0.3 is 0 Å². The first-order chi connectivity index (χ1) is 7.39. The molecule has 1 aliphatic rings. The molecule has 1 heterocycles. The van der Waals surface area contributed by atoms with Gasteiger partial charge in [0.15, 0.2) is 0 Å². The molecule has 1 atom stereocenters. The van der Waals surface area contributed by atoms with Gasteiger partial charge in [-0.15, -0.1) is 0 Å². The molecule has 16 heavy (non-hydrogen) atoms. The Morgan fingerprint density at radius 2 is 1.94 bits per heavy atom. The molecule has 0 bridgehead atoms. The van der Waals surface area contributed by atoms with E-state index in [1.54, 1.807) is 5.56 Å². The summed E-state index contributed by atoms with van der Waals surface area (Å²) in [6.45, 7) is 10.3. The van der Waals surface area contributed by atoms with Crippen LogP contribution in [0.3, 0.4) is 0 Å². The fraction of sp³-hybridized carbons (Fsp3) is 0.600. The second-order valence-electron chi connectivity index (χ2n) is 6.07. The van der Waals surface area contributed by atoms with Gasteiger partial charge in [0.05, 0.1) is 0 Å². The average Bonchev–Trinajstić information content (AvgIpc) is 2.22. The first kappa shape index (κ1) is 11.7. The molecule has 1 nitrogen and oxygen atoms in total. The van der Waals surface area contributed by atoms with Crippen LogP contribution in [0, 0.1) is 0 Å². The fourth-order valence-corrected chi connectivity index (χ4v) is 2.41. The van der Waals surface area contributed by atoms with Crippen molar-refractivity contribution in [2.24, 2.45) is 0 Å². The highest BCUT2D eigenvalue weighted by atomic mass is 15.1. The first-order valence-corrected chi connectivity index (χ1v) is 6.23. The van der Waals surface area contributed by atoms with E-state index < -0.39 is 0 Å². The van der Waals surface area contributed by atoms with E-state index in [1.807, 2.05) is 0 Å². The Hall–Kier alpha value is -0.820. The van der Waals surface area contributed by atoms with Crippen LogP contribution in [0.15, 0.2) is 18.2 Å². The Bertz CT molecular complexity index is 387. The van der Waals surface area contributed by atoms with Crippen LogP contribution in [0.25, 0.3) is 0 Å². The minimum atomic E-state index is 0.255. The molecule has 1 unspecified atom stereocenters. The average molecular weight is 217 g/mol. The van der Waals surface area contributed by atoms with Crippen LogP contribution in [0.4, 0.5) is 0 Å². The van der Waals surface area contributed by atoms with Crippen molar-refractivity contribution in [2.45, 2.75) is 45.6 Å². The molecule has 0 aliphatic carbocycles. The van der Waals surface area contributed by atoms with Gasteiger partial charge in [-0.1, -0.05) is 39.0 Å². The summed E-state index contributed by atoms with van der Waals surface area (Å²) in [5, 5.41) is 0. The third-order valence-corrected chi connectivity index (χ3v) is 3.86. The first-order valence-electron chi connectivity index (χ1n) is 6.23. The van der Waals surface area contributed by atoms with Gasteiger partial charge in [0.2, 0.25) is 0 Å². The van der Waals surface area contributed by atoms with Gasteiger partial charge in [-0.2, -0.15) is 0 Å². The molecule has 0 saturated heterocycles. The van der Waals surface area contributed by atoms with Crippen LogP contribution in [-0.2, 0) is 11.8 Å². The molecular weight excluding hydrogens is 194 g/mol. The summed E-state index contributed by atoms with van der Waals surface area (Å²) >= 11 is 0. The standard InChI is InChI=1S/C15H23N/c1-11-14-10-13(15(2,3)4)7-6-12(14)8-9-16(11)5/h6-7,10-11H,8-9H2,1-5H3. The van der Waals surface area contributed by atoms with Crippen LogP contribution in [0.1, 0.15) is 50.4 Å². The lowest BCUT2D eigenvalue weighted by Gasteiger charge is -2.33. The minimum absolute atomic E-state index is 0.255. The van der Waals surface area contributed by atoms with E-state index in [9.17, 15) is 0 Å². The van der Waals surface area contributed by atoms with E-state index in [4.69, 9.17) is 0 Å². The van der Waals surface area contributed by atoms with Crippen molar-refractivity contribution in [3.63, 3.8) is 0 Å². The molecule has 0 spiro atoms. The number of hydrogen-bond donors (Lipinski definition) is 0. The third-order valence-electron chi connectivity index (χ3n) is 3.86. The fourth-order valence-electron chi connectivity index (χ4n) is 2.41. The van der Waals surface area contributed by atoms with Gasteiger partial charge in [0.1, 0.15) is 0 Å². The third kappa shape index (κ3) is 2.01. The number of benzene rings is 1. The minimum Gasteiger partial charge on any atom is -0.299 e. The van der Waals surface area contributed by atoms with Crippen molar-refractivity contribution < 1.29 is 0 Å². The van der Waals surface area contributed by atoms with Crippen LogP contribution in [0.5, 0.6) is 0 Å². The van der Waals surface area contributed by atoms with Crippen LogP contribution in [0.2, 0.25) is 0 Å². The maximum atomic E-state index is 2.44. The molecule has 1 aromatic carbocycles. The largest absolute Gasteiger partial charge is 0.299 e. The number of likely N-dealkylation sites (N-methyl/N-ethyl adjacent to an activating group) is 1. The normalized spacial score (nSPS) is 21.9. The summed E-state index contributed by atoms with van der Waals surface area (Å²) in [4.78, 5) is 2.44. The summed E-state index contributed by atoms with van der Waals surface area (Å²) in [7, 11) is 2.22. The van der Waals surface area contributed by atoms with Gasteiger partial charge >= 0.3 is 0 Å². The maximum Gasteiger partial charge on any atom is 0.0319 e. The van der Waals surface area contributed by atoms with Crippen molar-refractivity contribution in [1.82, 2.24) is 4.90 Å². The van der Waals surface area contributed by atoms with Crippen molar-refractivity contribution in [2.75, 3.05) is 13.6 Å². The molecule has 0 amide bonds. The summed E-state index contributed by atoms with van der Waals surface area (Å²) in [5.74, 6) is 0. The summed E-state index contributed by atoms with van der Waals surface area (Å²) in [6, 6.07) is 7.61. The quantitative estimate of drug-likeness (QED) is 0.642. The predicted molar refractivity (Wildman–Crippen MR) is 69.9 cm³/mol. The lowest BCUT2D eigenvalue weighted by molar-refractivity contribution is 0.247. The maximum absolute atomic E-state index is 2.44. The Labute approximate surface area is 99.5 Å². The van der Waals surface area contributed by atoms with E-state index in [0.717, 1.165) is 0 Å². The molecule has 0 fully saturated rings. The number of fused-ring (bicyclic) bond motifs is 1. The van der Waals surface area contributed by atoms with Gasteiger partial charge in [-0.05, 0) is 42.5 Å². The molecular formula is C15H23N. The molecule has 0 aromatic heterocycles. The van der Waals surface area contributed by atoms with E-state index in [1.165, 1.54) is 24.1 Å². The highest BCUT2D eigenvalue weighted by molar-refractivity contribution is 5.38. The summed E-state index contributed by atoms with van der Waals surface area (Å²) in [6.07, 6.45) is 1.20. The lowest BCUT2D eigenvalue weighted by Crippen LogP contribution is -2.30. The number of rotatable bonds is 0. The second-order valence-corrected chi connectivity index (χ2v) is 6.07. The molecule has 1 aromatic rings. The molecule has 1 heteroatoms. The van der Waals surface area contributed by atoms with Gasteiger partial charge in [0, 0.05) is 12.6 Å². The van der Waals surface area contributed by atoms with Crippen molar-refractivity contribution in [3.8, 4) is 0 Å². The zero-order chi connectivity index (χ0) is 11.9. The van der Waals surface area contributed by atoms with E-state index in [2.05, 4.69) is 57.8 Å². The molecule has 2 rings (SSSR count). The van der Waals surface area contributed by atoms with Crippen LogP contribution in [-0.4, -0.2) is 18.5 Å². The smallest absolute Gasteiger partial charge is 0.0319 e. The second kappa shape index (κ2) is 3.89. The van der Waals surface area contributed by atoms with Gasteiger partial charge in [-0.3, -0.25) is 4.90 Å². The van der Waals surface area contributed by atoms with Crippen molar-refractivity contribution >= 4 is 0 Å². The van der Waals surface area contributed by atoms with Gasteiger partial charge in [0.25, 0.3) is 0 Å². The zero-order valence-electron chi connectivity index (χ0n) is 11.2. The van der Waals surface area contributed by atoms with Gasteiger partial charge in [-0.25, -0.2) is 0 Å². The number of hydrogen-bond acceptors (Lipinski definition) is 1.